The first-order chi connectivity index (χ1) is 9.81. The van der Waals surface area contributed by atoms with Crippen LogP contribution in [0.1, 0.15) is 11.3 Å². The number of halogens is 5. The van der Waals surface area contributed by atoms with Crippen molar-refractivity contribution in [1.82, 2.24) is 5.48 Å². The van der Waals surface area contributed by atoms with E-state index in [2.05, 4.69) is 0 Å². The number of hydrogen-bond donors (Lipinski definition) is 2. The summed E-state index contributed by atoms with van der Waals surface area (Å²) in [7, 11) is 0. The molecule has 0 aliphatic rings. The third-order valence-electron chi connectivity index (χ3n) is 2.74. The fourth-order valence-electron chi connectivity index (χ4n) is 1.75. The molecule has 1 atom stereocenters. The van der Waals surface area contributed by atoms with Gasteiger partial charge in [0.1, 0.15) is 17.0 Å². The van der Waals surface area contributed by atoms with Gasteiger partial charge in [-0.1, -0.05) is 11.6 Å². The van der Waals surface area contributed by atoms with Crippen LogP contribution in [0.5, 0.6) is 0 Å². The average Bonchev–Trinajstić information content (AvgIpc) is 2.86. The molecule has 114 valence electrons. The van der Waals surface area contributed by atoms with E-state index in [1.807, 2.05) is 5.48 Å². The molecule has 2 aromatic rings. The molecule has 1 aromatic heterocycles. The van der Waals surface area contributed by atoms with Crippen LogP contribution < -0.4 is 5.48 Å². The van der Waals surface area contributed by atoms with Crippen molar-refractivity contribution >= 4 is 23.2 Å². The van der Waals surface area contributed by atoms with E-state index in [1.54, 1.807) is 6.07 Å². The van der Waals surface area contributed by atoms with Crippen LogP contribution in [0.15, 0.2) is 34.7 Å². The lowest BCUT2D eigenvalue weighted by Gasteiger charge is -2.09. The molecule has 0 aliphatic carbocycles. The molecule has 0 aliphatic heterocycles. The summed E-state index contributed by atoms with van der Waals surface area (Å²) in [5.41, 5.74) is 0.397. The van der Waals surface area contributed by atoms with Crippen molar-refractivity contribution in [2.75, 3.05) is 0 Å². The van der Waals surface area contributed by atoms with E-state index >= 15 is 0 Å². The number of alkyl halides is 4. The van der Waals surface area contributed by atoms with Crippen LogP contribution in [-0.4, -0.2) is 10.7 Å². The smallest absolute Gasteiger partial charge is 0.416 e. The summed E-state index contributed by atoms with van der Waals surface area (Å²) in [5, 5.41) is 8.77. The van der Waals surface area contributed by atoms with Crippen molar-refractivity contribution in [3.05, 3.63) is 46.7 Å². The summed E-state index contributed by atoms with van der Waals surface area (Å²) in [4.78, 5) is 0. The molecular weight excluding hydrogens is 330 g/mol. The normalized spacial score (nSPS) is 13.4. The number of furan rings is 1. The van der Waals surface area contributed by atoms with Crippen molar-refractivity contribution in [3.63, 3.8) is 0 Å². The first-order valence-corrected chi connectivity index (χ1v) is 6.62. The van der Waals surface area contributed by atoms with E-state index in [0.29, 0.717) is 5.76 Å². The van der Waals surface area contributed by atoms with Gasteiger partial charge in [-0.15, -0.1) is 11.6 Å². The molecule has 2 rings (SSSR count). The second-order valence-corrected chi connectivity index (χ2v) is 5.19. The molecule has 3 nitrogen and oxygen atoms in total. The fourth-order valence-corrected chi connectivity index (χ4v) is 2.11. The van der Waals surface area contributed by atoms with Gasteiger partial charge in [0.15, 0.2) is 0 Å². The topological polar surface area (TPSA) is 45.4 Å². The largest absolute Gasteiger partial charge is 0.461 e. The molecule has 8 heteroatoms. The Balaban J connectivity index is 2.33. The van der Waals surface area contributed by atoms with Crippen LogP contribution in [0.3, 0.4) is 0 Å². The third-order valence-corrected chi connectivity index (χ3v) is 3.32. The Kier molecular flexibility index (Phi) is 4.83. The highest BCUT2D eigenvalue weighted by atomic mass is 35.5. The Morgan fingerprint density at radius 2 is 1.95 bits per heavy atom. The van der Waals surface area contributed by atoms with Crippen molar-refractivity contribution in [2.24, 2.45) is 0 Å². The van der Waals surface area contributed by atoms with Gasteiger partial charge in [0.2, 0.25) is 0 Å². The molecule has 21 heavy (non-hydrogen) atoms. The molecule has 1 heterocycles. The van der Waals surface area contributed by atoms with Gasteiger partial charge in [-0.25, -0.2) is 0 Å². The summed E-state index contributed by atoms with van der Waals surface area (Å²) in [6, 6.07) is 6.05. The monoisotopic (exact) mass is 339 g/mol. The number of benzene rings is 1. The van der Waals surface area contributed by atoms with E-state index in [9.17, 15) is 13.2 Å². The van der Waals surface area contributed by atoms with E-state index < -0.39 is 17.2 Å². The Morgan fingerprint density at radius 1 is 1.24 bits per heavy atom. The Morgan fingerprint density at radius 3 is 2.57 bits per heavy atom. The molecule has 0 bridgehead atoms. The summed E-state index contributed by atoms with van der Waals surface area (Å²) < 4.78 is 43.5. The zero-order chi connectivity index (χ0) is 15.6. The minimum atomic E-state index is -4.46. The van der Waals surface area contributed by atoms with Gasteiger partial charge in [-0.2, -0.15) is 18.7 Å². The second-order valence-electron chi connectivity index (χ2n) is 4.26. The van der Waals surface area contributed by atoms with Gasteiger partial charge in [0.25, 0.3) is 0 Å². The van der Waals surface area contributed by atoms with E-state index in [0.717, 1.165) is 12.1 Å². The predicted octanol–water partition coefficient (Wildman–Crippen LogP) is 4.71. The van der Waals surface area contributed by atoms with Gasteiger partial charge in [0.05, 0.1) is 10.6 Å². The molecule has 0 radical (unpaired) electrons. The lowest BCUT2D eigenvalue weighted by molar-refractivity contribution is -0.137. The predicted molar refractivity (Wildman–Crippen MR) is 72.4 cm³/mol. The Bertz CT molecular complexity index is 628. The maximum absolute atomic E-state index is 12.7. The highest BCUT2D eigenvalue weighted by Crippen LogP contribution is 2.36. The highest BCUT2D eigenvalue weighted by Gasteiger charge is 2.31. The highest BCUT2D eigenvalue weighted by molar-refractivity contribution is 6.33. The quantitative estimate of drug-likeness (QED) is 0.482. The van der Waals surface area contributed by atoms with Gasteiger partial charge in [0, 0.05) is 12.0 Å². The van der Waals surface area contributed by atoms with E-state index in [4.69, 9.17) is 32.8 Å². The fraction of sp³-hybridized carbons (Fsp3) is 0.231. The number of rotatable bonds is 4. The van der Waals surface area contributed by atoms with Crippen LogP contribution in [0.2, 0.25) is 5.02 Å². The molecule has 0 fully saturated rings. The summed E-state index contributed by atoms with van der Waals surface area (Å²) in [5.74, 6) is 0.600. The lowest BCUT2D eigenvalue weighted by atomic mass is 10.1. The van der Waals surface area contributed by atoms with E-state index in [1.165, 1.54) is 12.1 Å². The first-order valence-electron chi connectivity index (χ1n) is 5.81. The first kappa shape index (κ1) is 16.2. The lowest BCUT2D eigenvalue weighted by Crippen LogP contribution is -2.21. The van der Waals surface area contributed by atoms with Gasteiger partial charge < -0.3 is 9.62 Å². The number of nitrogens with one attached hydrogen (secondary N) is 1. The summed E-state index contributed by atoms with van der Waals surface area (Å²) >= 11 is 11.6. The van der Waals surface area contributed by atoms with Crippen molar-refractivity contribution in [3.8, 4) is 11.3 Å². The van der Waals surface area contributed by atoms with Crippen LogP contribution in [-0.2, 0) is 12.6 Å². The van der Waals surface area contributed by atoms with Crippen molar-refractivity contribution in [2.45, 2.75) is 18.1 Å². The standard InChI is InChI=1S/C13H10Cl2F3NO2/c14-10-3-1-7(13(16,17)18)5-9(10)11-4-2-8(21-11)6-12(15)19-20/h1-5,12,19-20H,6H2. The number of hydroxylamine groups is 1. The summed E-state index contributed by atoms with van der Waals surface area (Å²) in [6.45, 7) is 0. The molecule has 0 saturated heterocycles. The van der Waals surface area contributed by atoms with Gasteiger partial charge in [-0.05, 0) is 30.3 Å². The maximum Gasteiger partial charge on any atom is 0.416 e. The molecule has 1 aromatic carbocycles. The summed E-state index contributed by atoms with van der Waals surface area (Å²) in [6.07, 6.45) is -4.30. The second kappa shape index (κ2) is 6.27. The molecule has 0 spiro atoms. The molecular formula is C13H10Cl2F3NO2. The molecule has 2 N–H and O–H groups in total. The zero-order valence-corrected chi connectivity index (χ0v) is 11.9. The Hall–Kier alpha value is -1.21. The van der Waals surface area contributed by atoms with Crippen LogP contribution >= 0.6 is 23.2 Å². The van der Waals surface area contributed by atoms with Gasteiger partial charge in [-0.3, -0.25) is 0 Å². The Labute approximate surface area is 128 Å². The average molecular weight is 340 g/mol. The van der Waals surface area contributed by atoms with Crippen molar-refractivity contribution < 1.29 is 22.8 Å². The van der Waals surface area contributed by atoms with Crippen LogP contribution in [0.4, 0.5) is 13.2 Å². The SMILES string of the molecule is ONC(Cl)Cc1ccc(-c2cc(C(F)(F)F)ccc2Cl)o1. The minimum Gasteiger partial charge on any atom is -0.461 e. The van der Waals surface area contributed by atoms with Crippen molar-refractivity contribution in [1.29, 1.82) is 0 Å². The third kappa shape index (κ3) is 3.91. The number of hydrogen-bond acceptors (Lipinski definition) is 3. The molecule has 0 amide bonds. The minimum absolute atomic E-state index is 0.140. The molecule has 0 saturated carbocycles. The van der Waals surface area contributed by atoms with Crippen LogP contribution in [0, 0.1) is 0 Å². The van der Waals surface area contributed by atoms with Crippen LogP contribution in [0.25, 0.3) is 11.3 Å². The van der Waals surface area contributed by atoms with Gasteiger partial charge >= 0.3 is 6.18 Å². The van der Waals surface area contributed by atoms with E-state index in [-0.39, 0.29) is 22.8 Å². The zero-order valence-electron chi connectivity index (χ0n) is 10.4. The molecule has 1 unspecified atom stereocenters. The maximum atomic E-state index is 12.7.